The van der Waals surface area contributed by atoms with Gasteiger partial charge >= 0.3 is 5.97 Å². The molecule has 5 atom stereocenters. The Hall–Kier alpha value is -2.34. The highest BCUT2D eigenvalue weighted by Gasteiger charge is 2.66. The Morgan fingerprint density at radius 1 is 1.33 bits per heavy atom. The van der Waals surface area contributed by atoms with Crippen molar-refractivity contribution in [1.29, 1.82) is 0 Å². The minimum atomic E-state index is -1.35. The molecule has 0 radical (unpaired) electrons. The quantitative estimate of drug-likeness (QED) is 0.735. The van der Waals surface area contributed by atoms with Crippen LogP contribution in [0.4, 0.5) is 0 Å². The van der Waals surface area contributed by atoms with Gasteiger partial charge in [-0.1, -0.05) is 33.3 Å². The predicted molar refractivity (Wildman–Crippen MR) is 108 cm³/mol. The minimum Gasteiger partial charge on any atom is -0.480 e. The zero-order valence-electron chi connectivity index (χ0n) is 17.7. The second-order valence-corrected chi connectivity index (χ2v) is 9.64. The van der Waals surface area contributed by atoms with Gasteiger partial charge in [0.25, 0.3) is 0 Å². The Morgan fingerprint density at radius 3 is 2.80 bits per heavy atom. The van der Waals surface area contributed by atoms with Crippen LogP contribution in [-0.4, -0.2) is 34.9 Å². The molecule has 1 fully saturated rings. The van der Waals surface area contributed by atoms with E-state index in [1.54, 1.807) is 6.08 Å². The summed E-state index contributed by atoms with van der Waals surface area (Å²) >= 11 is 0. The fraction of sp³-hybridized carbons (Fsp3) is 0.583. The number of hydrogen-bond acceptors (Lipinski definition) is 5. The molecular formula is C24H28O6. The second kappa shape index (κ2) is 6.33. The van der Waals surface area contributed by atoms with E-state index in [0.717, 1.165) is 35.3 Å². The number of ether oxygens (including phenoxy) is 2. The largest absolute Gasteiger partial charge is 0.480 e. The van der Waals surface area contributed by atoms with Crippen molar-refractivity contribution >= 4 is 11.8 Å². The van der Waals surface area contributed by atoms with E-state index >= 15 is 0 Å². The highest BCUT2D eigenvalue weighted by Crippen LogP contribution is 2.66. The van der Waals surface area contributed by atoms with Gasteiger partial charge in [0.15, 0.2) is 11.5 Å². The number of carbonyl (C=O) groups excluding carboxylic acids is 1. The molecular weight excluding hydrogens is 384 g/mol. The lowest BCUT2D eigenvalue weighted by Gasteiger charge is -2.57. The number of carbonyl (C=O) groups is 2. The number of fused-ring (bicyclic) bond motifs is 5. The molecule has 0 bridgehead atoms. The van der Waals surface area contributed by atoms with Gasteiger partial charge in [-0.05, 0) is 48.0 Å². The van der Waals surface area contributed by atoms with Crippen LogP contribution < -0.4 is 0 Å². The van der Waals surface area contributed by atoms with Crippen LogP contribution in [0.1, 0.15) is 52.9 Å². The lowest BCUT2D eigenvalue weighted by atomic mass is 9.44. The van der Waals surface area contributed by atoms with E-state index in [0.29, 0.717) is 24.2 Å². The number of aliphatic carboxylic acids is 1. The Bertz CT molecular complexity index is 982. The lowest BCUT2D eigenvalue weighted by molar-refractivity contribution is -0.162. The van der Waals surface area contributed by atoms with Crippen LogP contribution in [0.15, 0.2) is 46.0 Å². The number of aliphatic hydroxyl groups is 1. The van der Waals surface area contributed by atoms with Crippen molar-refractivity contribution in [2.45, 2.75) is 59.0 Å². The molecule has 1 saturated carbocycles. The molecule has 4 aliphatic carbocycles. The Balaban J connectivity index is 1.77. The van der Waals surface area contributed by atoms with E-state index in [1.165, 1.54) is 0 Å². The first-order valence-corrected chi connectivity index (χ1v) is 10.9. The molecule has 6 heteroatoms. The average molecular weight is 412 g/mol. The number of hydrogen-bond donors (Lipinski definition) is 2. The van der Waals surface area contributed by atoms with Crippen LogP contribution in [0, 0.1) is 22.7 Å². The molecule has 2 N–H and O–H groups in total. The molecule has 0 amide bonds. The van der Waals surface area contributed by atoms with Gasteiger partial charge in [-0.2, -0.15) is 0 Å². The van der Waals surface area contributed by atoms with Crippen molar-refractivity contribution in [3.8, 4) is 0 Å². The van der Waals surface area contributed by atoms with Crippen LogP contribution >= 0.6 is 0 Å². The zero-order chi connectivity index (χ0) is 21.4. The molecule has 160 valence electrons. The Morgan fingerprint density at radius 2 is 2.10 bits per heavy atom. The summed E-state index contributed by atoms with van der Waals surface area (Å²) in [6.45, 7) is 6.06. The fourth-order valence-electron chi connectivity index (χ4n) is 6.49. The average Bonchev–Trinajstić information content (AvgIpc) is 3.26. The van der Waals surface area contributed by atoms with Gasteiger partial charge in [-0.25, -0.2) is 0 Å². The van der Waals surface area contributed by atoms with Gasteiger partial charge < -0.3 is 19.7 Å². The molecule has 0 aromatic rings. The van der Waals surface area contributed by atoms with Crippen molar-refractivity contribution in [3.05, 3.63) is 46.0 Å². The third kappa shape index (κ3) is 2.23. The van der Waals surface area contributed by atoms with Gasteiger partial charge in [0.2, 0.25) is 6.79 Å². The molecule has 1 heterocycles. The van der Waals surface area contributed by atoms with Gasteiger partial charge in [-0.15, -0.1) is 0 Å². The van der Waals surface area contributed by atoms with Gasteiger partial charge in [0.1, 0.15) is 11.2 Å². The van der Waals surface area contributed by atoms with E-state index in [2.05, 4.69) is 6.92 Å². The first-order chi connectivity index (χ1) is 14.2. The number of rotatable bonds is 3. The molecule has 6 nitrogen and oxygen atoms in total. The molecule has 0 spiro atoms. The van der Waals surface area contributed by atoms with E-state index in [9.17, 15) is 19.8 Å². The summed E-state index contributed by atoms with van der Waals surface area (Å²) in [5.41, 5.74) is 0.997. The number of carboxylic acids is 1. The summed E-state index contributed by atoms with van der Waals surface area (Å²) < 4.78 is 11.4. The maximum atomic E-state index is 13.3. The number of allylic oxidation sites excluding steroid dienone is 3. The highest BCUT2D eigenvalue weighted by atomic mass is 16.7. The molecule has 30 heavy (non-hydrogen) atoms. The van der Waals surface area contributed by atoms with Crippen LogP contribution in [0.25, 0.3) is 0 Å². The van der Waals surface area contributed by atoms with E-state index in [4.69, 9.17) is 9.47 Å². The maximum Gasteiger partial charge on any atom is 0.318 e. The van der Waals surface area contributed by atoms with Gasteiger partial charge in [0.05, 0.1) is 6.10 Å². The molecule has 1 unspecified atom stereocenters. The zero-order valence-corrected chi connectivity index (χ0v) is 17.7. The summed E-state index contributed by atoms with van der Waals surface area (Å²) in [6.07, 6.45) is 5.62. The maximum absolute atomic E-state index is 13.3. The summed E-state index contributed by atoms with van der Waals surface area (Å²) in [7, 11) is 0. The summed E-state index contributed by atoms with van der Waals surface area (Å²) in [5.74, 6) is -0.0294. The predicted octanol–water partition coefficient (Wildman–Crippen LogP) is 3.64. The minimum absolute atomic E-state index is 0.0313. The highest BCUT2D eigenvalue weighted by molar-refractivity contribution is 6.01. The first-order valence-electron chi connectivity index (χ1n) is 10.9. The molecule has 0 saturated heterocycles. The molecule has 5 rings (SSSR count). The van der Waals surface area contributed by atoms with Crippen molar-refractivity contribution in [1.82, 2.24) is 0 Å². The topological polar surface area (TPSA) is 93.1 Å². The fourth-order valence-corrected chi connectivity index (χ4v) is 6.49. The van der Waals surface area contributed by atoms with Crippen molar-refractivity contribution in [2.24, 2.45) is 22.7 Å². The van der Waals surface area contributed by atoms with Crippen molar-refractivity contribution in [3.63, 3.8) is 0 Å². The second-order valence-electron chi connectivity index (χ2n) is 9.64. The standard InChI is InChI=1S/C24H28O6/c1-4-5-13-9-24(22(27)28)15(14-7-19-21(20(13)14)30-11-29-19)8-17(25)16-6-12(2)18(26)10-23(16,24)3/h8-9,12,16,18,26H,4-7,10-11H2,1-3H3,(H,27,28)/t12-,16?,18-,23-,24-/m0/s1. The molecule has 1 aliphatic heterocycles. The summed E-state index contributed by atoms with van der Waals surface area (Å²) in [4.78, 5) is 26.4. The number of carboxylic acid groups (broad SMARTS) is 1. The van der Waals surface area contributed by atoms with E-state index in [1.807, 2.05) is 19.9 Å². The summed E-state index contributed by atoms with van der Waals surface area (Å²) in [6, 6.07) is 0. The normalized spacial score (nSPS) is 39.3. The first kappa shape index (κ1) is 19.6. The molecule has 0 aromatic carbocycles. The summed E-state index contributed by atoms with van der Waals surface area (Å²) in [5, 5.41) is 21.4. The molecule has 5 aliphatic rings. The molecule has 0 aromatic heterocycles. The smallest absolute Gasteiger partial charge is 0.318 e. The van der Waals surface area contributed by atoms with E-state index in [-0.39, 0.29) is 24.9 Å². The monoisotopic (exact) mass is 412 g/mol. The van der Waals surface area contributed by atoms with Gasteiger partial charge in [-0.3, -0.25) is 9.59 Å². The third-order valence-electron chi connectivity index (χ3n) is 8.07. The van der Waals surface area contributed by atoms with Gasteiger partial charge in [0, 0.05) is 23.3 Å². The van der Waals surface area contributed by atoms with Crippen LogP contribution in [0.3, 0.4) is 0 Å². The van der Waals surface area contributed by atoms with Crippen molar-refractivity contribution in [2.75, 3.05) is 6.79 Å². The van der Waals surface area contributed by atoms with E-state index < -0.39 is 28.8 Å². The number of aliphatic hydroxyl groups excluding tert-OH is 1. The van der Waals surface area contributed by atoms with Crippen LogP contribution in [0.2, 0.25) is 0 Å². The third-order valence-corrected chi connectivity index (χ3v) is 8.07. The van der Waals surface area contributed by atoms with Crippen molar-refractivity contribution < 1.29 is 29.3 Å². The van der Waals surface area contributed by atoms with Crippen LogP contribution in [-0.2, 0) is 19.1 Å². The number of ketones is 1. The Kier molecular flexibility index (Phi) is 4.14. The van der Waals surface area contributed by atoms with Crippen LogP contribution in [0.5, 0.6) is 0 Å². The lowest BCUT2D eigenvalue weighted by Crippen LogP contribution is -2.60. The SMILES string of the molecule is CCCC1=C[C@@]2(C(=O)O)C(=CC(=O)C3C[C@H](C)[C@@H](O)C[C@@]32C)C2=C1C1=C(C2)OCO1. The Labute approximate surface area is 175 Å².